The Morgan fingerprint density at radius 1 is 0.952 bits per heavy atom. The third-order valence-electron chi connectivity index (χ3n) is 5.25. The van der Waals surface area contributed by atoms with Crippen LogP contribution in [0.25, 0.3) is 0 Å². The predicted octanol–water partition coefficient (Wildman–Crippen LogP) is 5.62. The zero-order valence-corrected chi connectivity index (χ0v) is 14.5. The van der Waals surface area contributed by atoms with Crippen LogP contribution in [0.5, 0.6) is 0 Å². The standard InChI is InChI=1S/C20H33N/c1-5-21-20(14-18-10-8-6-7-9-11-18)19-13-16(3)15(2)12-17(19)4/h12-13,18,20-21H,5-11,14H2,1-4H3. The third kappa shape index (κ3) is 4.57. The van der Waals surface area contributed by atoms with Crippen molar-refractivity contribution in [3.8, 4) is 0 Å². The van der Waals surface area contributed by atoms with Gasteiger partial charge in [-0.15, -0.1) is 0 Å². The molecule has 1 saturated carbocycles. The second-order valence-electron chi connectivity index (χ2n) is 7.00. The molecular weight excluding hydrogens is 254 g/mol. The van der Waals surface area contributed by atoms with Crippen molar-refractivity contribution in [1.29, 1.82) is 0 Å². The summed E-state index contributed by atoms with van der Waals surface area (Å²) in [4.78, 5) is 0. The van der Waals surface area contributed by atoms with Crippen LogP contribution in [0.4, 0.5) is 0 Å². The van der Waals surface area contributed by atoms with Crippen LogP contribution in [0.3, 0.4) is 0 Å². The smallest absolute Gasteiger partial charge is 0.0325 e. The molecule has 0 radical (unpaired) electrons. The summed E-state index contributed by atoms with van der Waals surface area (Å²) in [5.41, 5.74) is 5.84. The van der Waals surface area contributed by atoms with Crippen molar-refractivity contribution in [2.24, 2.45) is 5.92 Å². The van der Waals surface area contributed by atoms with Gasteiger partial charge in [0, 0.05) is 6.04 Å². The van der Waals surface area contributed by atoms with E-state index < -0.39 is 0 Å². The summed E-state index contributed by atoms with van der Waals surface area (Å²) < 4.78 is 0. The highest BCUT2D eigenvalue weighted by Crippen LogP contribution is 2.33. The molecule has 1 aromatic rings. The molecule has 118 valence electrons. The summed E-state index contributed by atoms with van der Waals surface area (Å²) in [5, 5.41) is 3.75. The average Bonchev–Trinajstić information content (AvgIpc) is 2.71. The summed E-state index contributed by atoms with van der Waals surface area (Å²) in [6.45, 7) is 10.0. The maximum absolute atomic E-state index is 3.75. The molecule has 21 heavy (non-hydrogen) atoms. The van der Waals surface area contributed by atoms with Gasteiger partial charge < -0.3 is 5.32 Å². The van der Waals surface area contributed by atoms with Gasteiger partial charge in [0.05, 0.1) is 0 Å². The highest BCUT2D eigenvalue weighted by atomic mass is 14.9. The number of rotatable bonds is 5. The molecule has 1 heteroatoms. The topological polar surface area (TPSA) is 12.0 Å². The molecule has 0 spiro atoms. The fourth-order valence-electron chi connectivity index (χ4n) is 3.86. The Hall–Kier alpha value is -0.820. The molecule has 1 aromatic carbocycles. The van der Waals surface area contributed by atoms with Crippen molar-refractivity contribution in [3.63, 3.8) is 0 Å². The summed E-state index contributed by atoms with van der Waals surface area (Å²) in [6, 6.07) is 5.33. The lowest BCUT2D eigenvalue weighted by Gasteiger charge is -2.26. The zero-order valence-electron chi connectivity index (χ0n) is 14.5. The van der Waals surface area contributed by atoms with Gasteiger partial charge in [0.15, 0.2) is 0 Å². The molecule has 1 fully saturated rings. The van der Waals surface area contributed by atoms with Crippen LogP contribution in [0.15, 0.2) is 12.1 Å². The van der Waals surface area contributed by atoms with Crippen LogP contribution in [-0.2, 0) is 0 Å². The van der Waals surface area contributed by atoms with Crippen LogP contribution >= 0.6 is 0 Å². The van der Waals surface area contributed by atoms with Gasteiger partial charge in [0.25, 0.3) is 0 Å². The zero-order chi connectivity index (χ0) is 15.2. The van der Waals surface area contributed by atoms with Crippen molar-refractivity contribution in [1.82, 2.24) is 5.32 Å². The molecule has 1 nitrogen and oxygen atoms in total. The quantitative estimate of drug-likeness (QED) is 0.693. The molecule has 0 amide bonds. The predicted molar refractivity (Wildman–Crippen MR) is 92.9 cm³/mol. The minimum atomic E-state index is 0.539. The third-order valence-corrected chi connectivity index (χ3v) is 5.25. The average molecular weight is 287 g/mol. The van der Waals surface area contributed by atoms with E-state index >= 15 is 0 Å². The molecule has 1 aliphatic carbocycles. The van der Waals surface area contributed by atoms with Crippen molar-refractivity contribution in [2.45, 2.75) is 78.7 Å². The van der Waals surface area contributed by atoms with Crippen LogP contribution in [-0.4, -0.2) is 6.54 Å². The maximum atomic E-state index is 3.75. The van der Waals surface area contributed by atoms with E-state index in [0.29, 0.717) is 6.04 Å². The van der Waals surface area contributed by atoms with Gasteiger partial charge in [-0.25, -0.2) is 0 Å². The molecule has 0 heterocycles. The van der Waals surface area contributed by atoms with Crippen LogP contribution in [0, 0.1) is 26.7 Å². The molecule has 0 aromatic heterocycles. The van der Waals surface area contributed by atoms with Gasteiger partial charge >= 0.3 is 0 Å². The highest BCUT2D eigenvalue weighted by molar-refractivity contribution is 5.38. The van der Waals surface area contributed by atoms with Crippen molar-refractivity contribution < 1.29 is 0 Å². The fraction of sp³-hybridized carbons (Fsp3) is 0.700. The maximum Gasteiger partial charge on any atom is 0.0325 e. The lowest BCUT2D eigenvalue weighted by atomic mass is 9.86. The van der Waals surface area contributed by atoms with E-state index in [2.05, 4.69) is 45.1 Å². The first-order valence-electron chi connectivity index (χ1n) is 8.93. The molecular formula is C20H33N. The van der Waals surface area contributed by atoms with Crippen LogP contribution in [0.1, 0.15) is 80.2 Å². The minimum Gasteiger partial charge on any atom is -0.310 e. The summed E-state index contributed by atoms with van der Waals surface area (Å²) in [5.74, 6) is 0.914. The Bertz CT molecular complexity index is 441. The van der Waals surface area contributed by atoms with Crippen molar-refractivity contribution >= 4 is 0 Å². The van der Waals surface area contributed by atoms with Gasteiger partial charge in [0.1, 0.15) is 0 Å². The minimum absolute atomic E-state index is 0.539. The van der Waals surface area contributed by atoms with Gasteiger partial charge in [-0.1, -0.05) is 57.6 Å². The largest absolute Gasteiger partial charge is 0.310 e. The first kappa shape index (κ1) is 16.5. The van der Waals surface area contributed by atoms with Crippen LogP contribution < -0.4 is 5.32 Å². The Balaban J connectivity index is 2.15. The summed E-state index contributed by atoms with van der Waals surface area (Å²) in [7, 11) is 0. The number of benzene rings is 1. The van der Waals surface area contributed by atoms with Crippen LogP contribution in [0.2, 0.25) is 0 Å². The number of hydrogen-bond acceptors (Lipinski definition) is 1. The molecule has 1 unspecified atom stereocenters. The second kappa shape index (κ2) is 7.98. The van der Waals surface area contributed by atoms with Crippen molar-refractivity contribution in [3.05, 3.63) is 34.4 Å². The lowest BCUT2D eigenvalue weighted by Crippen LogP contribution is -2.24. The first-order chi connectivity index (χ1) is 10.1. The normalized spacial score (nSPS) is 18.5. The van der Waals surface area contributed by atoms with E-state index in [1.807, 2.05) is 0 Å². The van der Waals surface area contributed by atoms with Gasteiger partial charge in [-0.2, -0.15) is 0 Å². The fourth-order valence-corrected chi connectivity index (χ4v) is 3.86. The Morgan fingerprint density at radius 2 is 1.57 bits per heavy atom. The van der Waals surface area contributed by atoms with E-state index in [4.69, 9.17) is 0 Å². The van der Waals surface area contributed by atoms with Gasteiger partial charge in [0.2, 0.25) is 0 Å². The number of nitrogens with one attached hydrogen (secondary N) is 1. The van der Waals surface area contributed by atoms with E-state index in [1.165, 1.54) is 67.2 Å². The molecule has 0 bridgehead atoms. The van der Waals surface area contributed by atoms with Crippen molar-refractivity contribution in [2.75, 3.05) is 6.54 Å². The monoisotopic (exact) mass is 287 g/mol. The van der Waals surface area contributed by atoms with Gasteiger partial charge in [-0.3, -0.25) is 0 Å². The molecule has 2 rings (SSSR count). The summed E-state index contributed by atoms with van der Waals surface area (Å²) >= 11 is 0. The number of aryl methyl sites for hydroxylation is 3. The molecule has 0 aliphatic heterocycles. The molecule has 1 N–H and O–H groups in total. The van der Waals surface area contributed by atoms with E-state index in [0.717, 1.165) is 12.5 Å². The van der Waals surface area contributed by atoms with E-state index in [9.17, 15) is 0 Å². The number of hydrogen-bond donors (Lipinski definition) is 1. The Morgan fingerprint density at radius 3 is 2.19 bits per heavy atom. The summed E-state index contributed by atoms with van der Waals surface area (Å²) in [6.07, 6.45) is 9.97. The Kier molecular flexibility index (Phi) is 6.29. The molecule has 0 saturated heterocycles. The second-order valence-corrected chi connectivity index (χ2v) is 7.00. The SMILES string of the molecule is CCNC(CC1CCCCCC1)c1cc(C)c(C)cc1C. The van der Waals surface area contributed by atoms with Gasteiger partial charge in [-0.05, 0) is 61.9 Å². The van der Waals surface area contributed by atoms with E-state index in [1.54, 1.807) is 0 Å². The molecule has 1 aliphatic rings. The first-order valence-corrected chi connectivity index (χ1v) is 8.93. The molecule has 1 atom stereocenters. The lowest BCUT2D eigenvalue weighted by molar-refractivity contribution is 0.359. The van der Waals surface area contributed by atoms with E-state index in [-0.39, 0.29) is 0 Å². The Labute approximate surface area is 131 Å². The highest BCUT2D eigenvalue weighted by Gasteiger charge is 2.20.